The number of carbonyl (C=O) groups excluding carboxylic acids is 1. The molecule has 5 heteroatoms. The van der Waals surface area contributed by atoms with E-state index < -0.39 is 5.41 Å². The van der Waals surface area contributed by atoms with E-state index in [1.165, 1.54) is 18.5 Å². The van der Waals surface area contributed by atoms with Crippen molar-refractivity contribution in [3.63, 3.8) is 0 Å². The molecular weight excluding hydrogens is 319 g/mol. The summed E-state index contributed by atoms with van der Waals surface area (Å²) in [6.45, 7) is 1.90. The van der Waals surface area contributed by atoms with Gasteiger partial charge in [-0.3, -0.25) is 4.79 Å². The lowest BCUT2D eigenvalue weighted by molar-refractivity contribution is -0.123. The van der Waals surface area contributed by atoms with Crippen LogP contribution in [0.1, 0.15) is 36.6 Å². The highest BCUT2D eigenvalue weighted by Gasteiger charge is 2.54. The fourth-order valence-electron chi connectivity index (χ4n) is 4.76. The molecular formula is C20H19FN2O2. The number of nitrogens with zero attached hydrogens (tertiary/aromatic N) is 2. The minimum atomic E-state index is -0.624. The fraction of sp³-hybridized carbons (Fsp3) is 0.350. The van der Waals surface area contributed by atoms with Gasteiger partial charge < -0.3 is 5.11 Å². The molecule has 0 amide bonds. The Balaban J connectivity index is 2.03. The first-order valence-electron chi connectivity index (χ1n) is 8.51. The predicted molar refractivity (Wildman–Crippen MR) is 90.5 cm³/mol. The summed E-state index contributed by atoms with van der Waals surface area (Å²) < 4.78 is 14.0. The number of hydrogen-bond donors (Lipinski definition) is 1. The second kappa shape index (κ2) is 5.76. The van der Waals surface area contributed by atoms with Crippen molar-refractivity contribution in [3.8, 4) is 0 Å². The van der Waals surface area contributed by atoms with E-state index >= 15 is 0 Å². The number of hydrogen-bond acceptors (Lipinski definition) is 4. The van der Waals surface area contributed by atoms with Gasteiger partial charge in [-0.05, 0) is 48.4 Å². The van der Waals surface area contributed by atoms with Crippen molar-refractivity contribution >= 4 is 5.78 Å². The van der Waals surface area contributed by atoms with Crippen LogP contribution >= 0.6 is 0 Å². The lowest BCUT2D eigenvalue weighted by atomic mass is 9.52. The van der Waals surface area contributed by atoms with Gasteiger partial charge in [0.1, 0.15) is 12.1 Å². The fourth-order valence-corrected chi connectivity index (χ4v) is 4.76. The van der Waals surface area contributed by atoms with E-state index in [0.29, 0.717) is 12.0 Å². The van der Waals surface area contributed by atoms with Gasteiger partial charge in [-0.1, -0.05) is 19.1 Å². The van der Waals surface area contributed by atoms with E-state index in [0.717, 1.165) is 35.9 Å². The van der Waals surface area contributed by atoms with Crippen molar-refractivity contribution in [2.24, 2.45) is 11.8 Å². The van der Waals surface area contributed by atoms with Gasteiger partial charge >= 0.3 is 0 Å². The minimum absolute atomic E-state index is 0.00731. The first-order chi connectivity index (χ1) is 12.1. The number of aromatic nitrogens is 2. The summed E-state index contributed by atoms with van der Waals surface area (Å²) in [5.74, 6) is -0.602. The molecule has 128 valence electrons. The second-order valence-corrected chi connectivity index (χ2v) is 7.01. The maximum absolute atomic E-state index is 14.0. The highest BCUT2D eigenvalue weighted by Crippen LogP contribution is 2.55. The molecule has 0 radical (unpaired) electrons. The van der Waals surface area contributed by atoms with E-state index in [1.807, 2.05) is 19.2 Å². The number of aryl methyl sites for hydroxylation is 1. The molecule has 1 aromatic carbocycles. The van der Waals surface area contributed by atoms with Crippen LogP contribution in [-0.2, 0) is 16.6 Å². The Morgan fingerprint density at radius 2 is 2.24 bits per heavy atom. The Kier molecular flexibility index (Phi) is 3.67. The molecule has 2 aliphatic rings. The molecule has 4 nitrogen and oxygen atoms in total. The van der Waals surface area contributed by atoms with Gasteiger partial charge in [0, 0.05) is 23.1 Å². The zero-order valence-electron chi connectivity index (χ0n) is 13.9. The number of aliphatic hydroxyl groups excluding tert-OH is 1. The molecule has 0 unspecified atom stereocenters. The van der Waals surface area contributed by atoms with Crippen molar-refractivity contribution in [1.29, 1.82) is 0 Å². The van der Waals surface area contributed by atoms with Crippen molar-refractivity contribution in [1.82, 2.24) is 9.97 Å². The quantitative estimate of drug-likeness (QED) is 0.638. The number of ketones is 1. The van der Waals surface area contributed by atoms with Crippen LogP contribution in [0.3, 0.4) is 0 Å². The van der Waals surface area contributed by atoms with E-state index in [2.05, 4.69) is 9.97 Å². The Hall–Kier alpha value is -2.56. The average Bonchev–Trinajstić information content (AvgIpc) is 2.64. The van der Waals surface area contributed by atoms with Gasteiger partial charge in [0.15, 0.2) is 5.78 Å². The third kappa shape index (κ3) is 2.22. The molecule has 0 bridgehead atoms. The molecule has 3 atom stereocenters. The maximum atomic E-state index is 14.0. The number of carbonyl (C=O) groups is 1. The molecule has 2 aliphatic carbocycles. The van der Waals surface area contributed by atoms with Crippen molar-refractivity contribution in [2.75, 3.05) is 0 Å². The molecule has 0 saturated heterocycles. The summed E-state index contributed by atoms with van der Waals surface area (Å²) in [5.41, 5.74) is 2.43. The molecule has 1 N–H and O–H groups in total. The lowest BCUT2D eigenvalue weighted by Crippen LogP contribution is -2.50. The maximum Gasteiger partial charge on any atom is 0.165 e. The summed E-state index contributed by atoms with van der Waals surface area (Å²) in [6.07, 6.45) is 6.15. The topological polar surface area (TPSA) is 63.1 Å². The first kappa shape index (κ1) is 15.9. The SMILES string of the molecule is C[C@@H]1C(=O)C(=CO)C[C@]2(c3cccc(F)c3)c3ncncc3CC[C@@H]12. The van der Waals surface area contributed by atoms with E-state index in [-0.39, 0.29) is 23.4 Å². The highest BCUT2D eigenvalue weighted by molar-refractivity contribution is 5.98. The molecule has 0 aliphatic heterocycles. The Morgan fingerprint density at radius 1 is 1.40 bits per heavy atom. The Morgan fingerprint density at radius 3 is 3.00 bits per heavy atom. The summed E-state index contributed by atoms with van der Waals surface area (Å²) in [5, 5.41) is 9.64. The standard InChI is InChI=1S/C20H19FN2O2/c1-12-17-6-5-13-9-22-11-23-19(13)20(17,8-14(10-24)18(12)25)15-3-2-4-16(21)7-15/h2-4,7,9-12,17,24H,5-6,8H2,1H3/t12-,17-,20+/m0/s1. The monoisotopic (exact) mass is 338 g/mol. The first-order valence-corrected chi connectivity index (χ1v) is 8.51. The lowest BCUT2D eigenvalue weighted by Gasteiger charge is -2.50. The van der Waals surface area contributed by atoms with Gasteiger partial charge in [-0.2, -0.15) is 0 Å². The predicted octanol–water partition coefficient (Wildman–Crippen LogP) is 3.52. The normalized spacial score (nSPS) is 30.0. The number of Topliss-reactive ketones (excluding diaryl/α,β-unsaturated/α-hetero) is 1. The smallest absolute Gasteiger partial charge is 0.165 e. The van der Waals surface area contributed by atoms with E-state index in [1.54, 1.807) is 6.07 Å². The van der Waals surface area contributed by atoms with E-state index in [9.17, 15) is 14.3 Å². The highest BCUT2D eigenvalue weighted by atomic mass is 19.1. The van der Waals surface area contributed by atoms with Gasteiger partial charge in [-0.15, -0.1) is 0 Å². The number of fused-ring (bicyclic) bond motifs is 3. The summed E-state index contributed by atoms with van der Waals surface area (Å²) >= 11 is 0. The van der Waals surface area contributed by atoms with Gasteiger partial charge in [0.2, 0.25) is 0 Å². The number of benzene rings is 1. The Bertz CT molecular complexity index is 880. The zero-order valence-corrected chi connectivity index (χ0v) is 13.9. The van der Waals surface area contributed by atoms with Crippen LogP contribution in [0.25, 0.3) is 0 Å². The molecule has 2 aromatic rings. The van der Waals surface area contributed by atoms with Crippen molar-refractivity contribution in [3.05, 3.63) is 71.3 Å². The van der Waals surface area contributed by atoms with Gasteiger partial charge in [0.25, 0.3) is 0 Å². The molecule has 4 rings (SSSR count). The minimum Gasteiger partial charge on any atom is -0.515 e. The molecule has 1 fully saturated rings. The van der Waals surface area contributed by atoms with Gasteiger partial charge in [-0.25, -0.2) is 14.4 Å². The molecule has 1 aromatic heterocycles. The molecule has 0 spiro atoms. The third-order valence-electron chi connectivity index (χ3n) is 5.87. The van der Waals surface area contributed by atoms with Crippen LogP contribution in [0.4, 0.5) is 4.39 Å². The third-order valence-corrected chi connectivity index (χ3v) is 5.87. The van der Waals surface area contributed by atoms with Crippen LogP contribution in [-0.4, -0.2) is 20.9 Å². The summed E-state index contributed by atoms with van der Waals surface area (Å²) in [6, 6.07) is 6.53. The van der Waals surface area contributed by atoms with Gasteiger partial charge in [0.05, 0.1) is 12.0 Å². The Labute approximate surface area is 145 Å². The average molecular weight is 338 g/mol. The van der Waals surface area contributed by atoms with Crippen molar-refractivity contribution in [2.45, 2.75) is 31.6 Å². The van der Waals surface area contributed by atoms with Crippen molar-refractivity contribution < 1.29 is 14.3 Å². The summed E-state index contributed by atoms with van der Waals surface area (Å²) in [7, 11) is 0. The second-order valence-electron chi connectivity index (χ2n) is 7.01. The van der Waals surface area contributed by atoms with Crippen LogP contribution in [0.2, 0.25) is 0 Å². The van der Waals surface area contributed by atoms with E-state index in [4.69, 9.17) is 0 Å². The largest absolute Gasteiger partial charge is 0.515 e. The number of aliphatic hydroxyl groups is 1. The molecule has 25 heavy (non-hydrogen) atoms. The zero-order chi connectivity index (χ0) is 17.6. The number of halogens is 1. The molecule has 1 saturated carbocycles. The van der Waals surface area contributed by atoms with Crippen LogP contribution in [0.5, 0.6) is 0 Å². The number of rotatable bonds is 1. The summed E-state index contributed by atoms with van der Waals surface area (Å²) in [4.78, 5) is 21.3. The van der Waals surface area contributed by atoms with Crippen LogP contribution < -0.4 is 0 Å². The van der Waals surface area contributed by atoms with Crippen LogP contribution in [0.15, 0.2) is 48.6 Å². The van der Waals surface area contributed by atoms with Crippen LogP contribution in [0, 0.1) is 17.7 Å². The number of allylic oxidation sites excluding steroid dienone is 1. The molecule has 1 heterocycles.